The lowest BCUT2D eigenvalue weighted by Gasteiger charge is -2.28. The fraction of sp³-hybridized carbons (Fsp3) is 0.300. The monoisotopic (exact) mass is 420 g/mol. The smallest absolute Gasteiger partial charge is 0.340 e. The molecule has 9 heteroatoms. The summed E-state index contributed by atoms with van der Waals surface area (Å²) in [5.41, 5.74) is 6.31. The molecule has 0 spiro atoms. The SMILES string of the molecule is Nc1cc(F)ccc1C(=O)OCC(=O)N(Cc1ccccc1)C1CCS(=O)(=O)C1. The number of ether oxygens (including phenoxy) is 1. The van der Waals surface area contributed by atoms with Gasteiger partial charge in [0.15, 0.2) is 16.4 Å². The number of sulfone groups is 1. The molecule has 1 heterocycles. The van der Waals surface area contributed by atoms with Crippen LogP contribution in [0, 0.1) is 5.82 Å². The number of nitrogens with two attached hydrogens (primary N) is 1. The summed E-state index contributed by atoms with van der Waals surface area (Å²) in [4.78, 5) is 26.4. The van der Waals surface area contributed by atoms with Crippen LogP contribution >= 0.6 is 0 Å². The number of amides is 1. The van der Waals surface area contributed by atoms with E-state index < -0.39 is 40.2 Å². The zero-order chi connectivity index (χ0) is 21.0. The maximum atomic E-state index is 13.1. The Bertz CT molecular complexity index is 1010. The van der Waals surface area contributed by atoms with Crippen LogP contribution < -0.4 is 5.73 Å². The van der Waals surface area contributed by atoms with Crippen molar-refractivity contribution < 1.29 is 27.1 Å². The lowest BCUT2D eigenvalue weighted by molar-refractivity contribution is -0.137. The van der Waals surface area contributed by atoms with Gasteiger partial charge in [-0.3, -0.25) is 4.79 Å². The highest BCUT2D eigenvalue weighted by molar-refractivity contribution is 7.91. The third-order valence-corrected chi connectivity index (χ3v) is 6.48. The van der Waals surface area contributed by atoms with Crippen molar-refractivity contribution in [2.24, 2.45) is 0 Å². The molecule has 1 saturated heterocycles. The normalized spacial score (nSPS) is 17.6. The van der Waals surface area contributed by atoms with Gasteiger partial charge in [-0.15, -0.1) is 0 Å². The maximum absolute atomic E-state index is 13.1. The number of nitrogen functional groups attached to an aromatic ring is 1. The number of nitrogens with zero attached hydrogens (tertiary/aromatic N) is 1. The van der Waals surface area contributed by atoms with E-state index in [1.54, 1.807) is 0 Å². The van der Waals surface area contributed by atoms with E-state index in [4.69, 9.17) is 10.5 Å². The molecule has 154 valence electrons. The van der Waals surface area contributed by atoms with Gasteiger partial charge in [0.1, 0.15) is 5.82 Å². The Hall–Kier alpha value is -2.94. The molecule has 1 aliphatic rings. The average Bonchev–Trinajstić information content (AvgIpc) is 3.04. The largest absolute Gasteiger partial charge is 0.452 e. The summed E-state index contributed by atoms with van der Waals surface area (Å²) in [5.74, 6) is -2.06. The summed E-state index contributed by atoms with van der Waals surface area (Å²) in [5, 5.41) is 0. The highest BCUT2D eigenvalue weighted by Gasteiger charge is 2.35. The van der Waals surface area contributed by atoms with Gasteiger partial charge in [0, 0.05) is 18.3 Å². The second-order valence-corrected chi connectivity index (χ2v) is 9.10. The first kappa shape index (κ1) is 20.8. The molecule has 1 fully saturated rings. The summed E-state index contributed by atoms with van der Waals surface area (Å²) < 4.78 is 41.9. The lowest BCUT2D eigenvalue weighted by Crippen LogP contribution is -2.42. The highest BCUT2D eigenvalue weighted by atomic mass is 32.2. The lowest BCUT2D eigenvalue weighted by atomic mass is 10.1. The first-order valence-electron chi connectivity index (χ1n) is 9.01. The number of halogens is 1. The Morgan fingerprint density at radius 2 is 1.90 bits per heavy atom. The molecule has 0 bridgehead atoms. The summed E-state index contributed by atoms with van der Waals surface area (Å²) in [6.07, 6.45) is 0.333. The number of carbonyl (C=O) groups excluding carboxylic acids is 2. The minimum Gasteiger partial charge on any atom is -0.452 e. The van der Waals surface area contributed by atoms with E-state index in [1.165, 1.54) is 11.0 Å². The van der Waals surface area contributed by atoms with E-state index in [1.807, 2.05) is 30.3 Å². The minimum absolute atomic E-state index is 0.0160. The van der Waals surface area contributed by atoms with Crippen molar-refractivity contribution in [1.29, 1.82) is 0 Å². The summed E-state index contributed by atoms with van der Waals surface area (Å²) in [6, 6.07) is 11.9. The third kappa shape index (κ3) is 5.32. The molecule has 2 aromatic carbocycles. The Balaban J connectivity index is 1.71. The maximum Gasteiger partial charge on any atom is 0.340 e. The molecule has 2 N–H and O–H groups in total. The third-order valence-electron chi connectivity index (χ3n) is 4.73. The van der Waals surface area contributed by atoms with Crippen LogP contribution in [0.5, 0.6) is 0 Å². The molecule has 1 unspecified atom stereocenters. The van der Waals surface area contributed by atoms with Gasteiger partial charge in [-0.05, 0) is 30.2 Å². The number of carbonyl (C=O) groups is 2. The van der Waals surface area contributed by atoms with Gasteiger partial charge in [0.2, 0.25) is 0 Å². The van der Waals surface area contributed by atoms with Crippen LogP contribution in [0.4, 0.5) is 10.1 Å². The van der Waals surface area contributed by atoms with Crippen LogP contribution in [-0.2, 0) is 25.9 Å². The molecular formula is C20H21FN2O5S. The van der Waals surface area contributed by atoms with Crippen LogP contribution in [0.15, 0.2) is 48.5 Å². The van der Waals surface area contributed by atoms with Gasteiger partial charge >= 0.3 is 5.97 Å². The fourth-order valence-electron chi connectivity index (χ4n) is 3.23. The van der Waals surface area contributed by atoms with Gasteiger partial charge in [-0.25, -0.2) is 17.6 Å². The summed E-state index contributed by atoms with van der Waals surface area (Å²) in [6.45, 7) is -0.366. The van der Waals surface area contributed by atoms with Gasteiger partial charge in [-0.2, -0.15) is 0 Å². The van der Waals surface area contributed by atoms with Crippen molar-refractivity contribution in [2.75, 3.05) is 23.8 Å². The predicted octanol–water partition coefficient (Wildman–Crippen LogP) is 1.78. The predicted molar refractivity (Wildman–Crippen MR) is 105 cm³/mol. The van der Waals surface area contributed by atoms with Crippen molar-refractivity contribution in [2.45, 2.75) is 19.0 Å². The quantitative estimate of drug-likeness (QED) is 0.564. The number of esters is 1. The van der Waals surface area contributed by atoms with Crippen molar-refractivity contribution in [3.05, 3.63) is 65.5 Å². The molecular weight excluding hydrogens is 399 g/mol. The molecule has 0 saturated carbocycles. The Morgan fingerprint density at radius 1 is 1.17 bits per heavy atom. The average molecular weight is 420 g/mol. The first-order chi connectivity index (χ1) is 13.7. The second kappa shape index (κ2) is 8.60. The van der Waals surface area contributed by atoms with Gasteiger partial charge in [0.05, 0.1) is 17.1 Å². The molecule has 2 aromatic rings. The highest BCUT2D eigenvalue weighted by Crippen LogP contribution is 2.21. The molecule has 0 aromatic heterocycles. The van der Waals surface area contributed by atoms with Crippen molar-refractivity contribution >= 4 is 27.4 Å². The van der Waals surface area contributed by atoms with Crippen molar-refractivity contribution in [3.63, 3.8) is 0 Å². The van der Waals surface area contributed by atoms with Gasteiger partial charge in [-0.1, -0.05) is 30.3 Å². The molecule has 3 rings (SSSR count). The summed E-state index contributed by atoms with van der Waals surface area (Å²) in [7, 11) is -3.20. The molecule has 0 radical (unpaired) electrons. The van der Waals surface area contributed by atoms with E-state index in [2.05, 4.69) is 0 Å². The van der Waals surface area contributed by atoms with E-state index in [9.17, 15) is 22.4 Å². The number of rotatable bonds is 6. The van der Waals surface area contributed by atoms with E-state index in [0.717, 1.165) is 17.7 Å². The fourth-order valence-corrected chi connectivity index (χ4v) is 4.96. The Morgan fingerprint density at radius 3 is 2.52 bits per heavy atom. The zero-order valence-corrected chi connectivity index (χ0v) is 16.4. The molecule has 0 aliphatic carbocycles. The first-order valence-corrected chi connectivity index (χ1v) is 10.8. The Labute approximate surface area is 168 Å². The molecule has 29 heavy (non-hydrogen) atoms. The van der Waals surface area contributed by atoms with Crippen molar-refractivity contribution in [3.8, 4) is 0 Å². The van der Waals surface area contributed by atoms with E-state index >= 15 is 0 Å². The van der Waals surface area contributed by atoms with E-state index in [-0.39, 0.29) is 29.3 Å². The number of hydrogen-bond donors (Lipinski definition) is 1. The molecule has 1 atom stereocenters. The zero-order valence-electron chi connectivity index (χ0n) is 15.6. The standard InChI is InChI=1S/C20H21FN2O5S/c21-15-6-7-17(18(22)10-15)20(25)28-12-19(24)23(11-14-4-2-1-3-5-14)16-8-9-29(26,27)13-16/h1-7,10,16H,8-9,11-13,22H2. The van der Waals surface area contributed by atoms with E-state index in [0.29, 0.717) is 6.42 Å². The van der Waals surface area contributed by atoms with Crippen LogP contribution in [0.3, 0.4) is 0 Å². The number of anilines is 1. The molecule has 1 aliphatic heterocycles. The van der Waals surface area contributed by atoms with Crippen LogP contribution in [0.25, 0.3) is 0 Å². The summed E-state index contributed by atoms with van der Waals surface area (Å²) >= 11 is 0. The second-order valence-electron chi connectivity index (χ2n) is 6.87. The van der Waals surface area contributed by atoms with Crippen LogP contribution in [0.1, 0.15) is 22.3 Å². The topological polar surface area (TPSA) is 107 Å². The number of hydrogen-bond acceptors (Lipinski definition) is 6. The molecule has 7 nitrogen and oxygen atoms in total. The minimum atomic E-state index is -3.20. The Kier molecular flexibility index (Phi) is 6.17. The van der Waals surface area contributed by atoms with Gasteiger partial charge < -0.3 is 15.4 Å². The van der Waals surface area contributed by atoms with Gasteiger partial charge in [0.25, 0.3) is 5.91 Å². The molecule has 1 amide bonds. The van der Waals surface area contributed by atoms with Crippen LogP contribution in [-0.4, -0.2) is 49.3 Å². The van der Waals surface area contributed by atoms with Crippen molar-refractivity contribution in [1.82, 2.24) is 4.90 Å². The van der Waals surface area contributed by atoms with Crippen LogP contribution in [0.2, 0.25) is 0 Å². The number of benzene rings is 2.